The minimum Gasteiger partial charge on any atom is -0.457 e. The molecule has 2 aromatic heterocycles. The summed E-state index contributed by atoms with van der Waals surface area (Å²) in [5.41, 5.74) is -1.30. The summed E-state index contributed by atoms with van der Waals surface area (Å²) < 4.78 is 19.0. The molecule has 0 radical (unpaired) electrons. The van der Waals surface area contributed by atoms with Crippen LogP contribution >= 0.6 is 0 Å². The first-order valence-corrected chi connectivity index (χ1v) is 23.9. The van der Waals surface area contributed by atoms with E-state index in [0.717, 1.165) is 60.6 Å². The predicted molar refractivity (Wildman–Crippen MR) is 257 cm³/mol. The number of nitro groups is 3. The van der Waals surface area contributed by atoms with Crippen LogP contribution < -0.4 is 10.3 Å². The maximum absolute atomic E-state index is 14.5. The topological polar surface area (TPSA) is 271 Å². The third-order valence-electron chi connectivity index (χ3n) is 14.6. The molecule has 1 amide bonds. The molecule has 22 heteroatoms. The second-order valence-electron chi connectivity index (χ2n) is 18.7. The van der Waals surface area contributed by atoms with Crippen molar-refractivity contribution in [3.05, 3.63) is 128 Å². The minimum absolute atomic E-state index is 0.0179. The van der Waals surface area contributed by atoms with Gasteiger partial charge in [0.15, 0.2) is 0 Å². The van der Waals surface area contributed by atoms with Gasteiger partial charge in [-0.15, -0.1) is 0 Å². The van der Waals surface area contributed by atoms with Crippen LogP contribution in [0.15, 0.2) is 58.5 Å². The lowest BCUT2D eigenvalue weighted by Crippen LogP contribution is -2.48. The number of oxime groups is 1. The first kappa shape index (κ1) is 47.5. The average Bonchev–Trinajstić information content (AvgIpc) is 3.91. The number of aromatic nitrogens is 2. The normalized spacial score (nSPS) is 19.1. The van der Waals surface area contributed by atoms with E-state index in [-0.39, 0.29) is 57.6 Å². The first-order valence-electron chi connectivity index (χ1n) is 23.9. The van der Waals surface area contributed by atoms with Crippen molar-refractivity contribution < 1.29 is 48.2 Å². The van der Waals surface area contributed by atoms with Crippen molar-refractivity contribution in [3.63, 3.8) is 0 Å². The highest BCUT2D eigenvalue weighted by atomic mass is 16.7. The Morgan fingerprint density at radius 3 is 2.25 bits per heavy atom. The second kappa shape index (κ2) is 18.2. The van der Waals surface area contributed by atoms with Crippen LogP contribution in [0.3, 0.4) is 0 Å². The zero-order chi connectivity index (χ0) is 50.9. The van der Waals surface area contributed by atoms with E-state index in [1.54, 1.807) is 36.1 Å². The minimum atomic E-state index is -2.16. The number of hydrogen-bond acceptors (Lipinski definition) is 17. The number of aryl methyl sites for hydroxylation is 2. The first-order chi connectivity index (χ1) is 34.5. The fourth-order valence-corrected chi connectivity index (χ4v) is 11.0. The van der Waals surface area contributed by atoms with Gasteiger partial charge in [-0.1, -0.05) is 25.4 Å². The summed E-state index contributed by atoms with van der Waals surface area (Å²) in [6, 6.07) is 11.4. The molecular weight excluding hydrogens is 937 g/mol. The molecule has 0 saturated carbocycles. The molecule has 0 unspecified atom stereocenters. The fourth-order valence-electron chi connectivity index (χ4n) is 11.0. The number of benzene rings is 3. The van der Waals surface area contributed by atoms with E-state index in [2.05, 4.69) is 10.1 Å². The third-order valence-corrected chi connectivity index (χ3v) is 14.6. The van der Waals surface area contributed by atoms with Gasteiger partial charge < -0.3 is 33.4 Å². The number of non-ortho nitro benzene ring substituents is 2. The molecule has 4 aliphatic heterocycles. The number of fused-ring (bicyclic) bond motifs is 8. The Balaban J connectivity index is 0.937. The molecule has 2 saturated heterocycles. The fraction of sp³-hybridized carbons (Fsp3) is 0.400. The second-order valence-corrected chi connectivity index (χ2v) is 18.7. The number of nitro benzene ring substituents is 3. The Labute approximate surface area is 409 Å². The van der Waals surface area contributed by atoms with Crippen molar-refractivity contribution in [1.82, 2.24) is 19.4 Å². The Morgan fingerprint density at radius 1 is 0.889 bits per heavy atom. The number of amides is 1. The summed E-state index contributed by atoms with van der Waals surface area (Å²) in [5, 5.41) is 40.9. The van der Waals surface area contributed by atoms with Crippen LogP contribution in [0.2, 0.25) is 0 Å². The summed E-state index contributed by atoms with van der Waals surface area (Å²) >= 11 is 0. The van der Waals surface area contributed by atoms with Crippen molar-refractivity contribution in [2.24, 2.45) is 5.16 Å². The number of pyridine rings is 2. The molecular formula is C50H48N8O14. The van der Waals surface area contributed by atoms with E-state index in [0.29, 0.717) is 48.2 Å². The quantitative estimate of drug-likeness (QED) is 0.0689. The van der Waals surface area contributed by atoms with Gasteiger partial charge in [0.05, 0.1) is 55.4 Å². The van der Waals surface area contributed by atoms with Gasteiger partial charge in [-0.2, -0.15) is 0 Å². The maximum Gasteiger partial charge on any atom is 0.415 e. The molecule has 5 aliphatic rings. The molecule has 0 bridgehead atoms. The van der Waals surface area contributed by atoms with Gasteiger partial charge in [-0.05, 0) is 101 Å². The highest BCUT2D eigenvalue weighted by Crippen LogP contribution is 2.48. The van der Waals surface area contributed by atoms with E-state index in [4.69, 9.17) is 24.0 Å². The van der Waals surface area contributed by atoms with Crippen LogP contribution in [0, 0.1) is 37.3 Å². The predicted octanol–water partition coefficient (Wildman–Crippen LogP) is 7.51. The van der Waals surface area contributed by atoms with E-state index in [1.807, 2.05) is 6.92 Å². The van der Waals surface area contributed by atoms with Crippen molar-refractivity contribution >= 4 is 51.7 Å². The number of hydrogen-bond donors (Lipinski definition) is 0. The number of piperidine rings is 2. The number of carbonyl (C=O) groups excluding carboxylic acids is 3. The van der Waals surface area contributed by atoms with Crippen molar-refractivity contribution in [2.75, 3.05) is 26.2 Å². The average molecular weight is 985 g/mol. The Morgan fingerprint density at radius 2 is 1.58 bits per heavy atom. The largest absolute Gasteiger partial charge is 0.457 e. The monoisotopic (exact) mass is 984 g/mol. The molecule has 2 atom stereocenters. The van der Waals surface area contributed by atoms with E-state index in [9.17, 15) is 49.5 Å². The van der Waals surface area contributed by atoms with Crippen LogP contribution in [0.25, 0.3) is 33.4 Å². The van der Waals surface area contributed by atoms with Crippen molar-refractivity contribution in [2.45, 2.75) is 104 Å². The molecule has 1 aliphatic carbocycles. The smallest absolute Gasteiger partial charge is 0.415 e. The lowest BCUT2D eigenvalue weighted by atomic mass is 9.85. The molecule has 72 heavy (non-hydrogen) atoms. The van der Waals surface area contributed by atoms with E-state index >= 15 is 0 Å². The van der Waals surface area contributed by atoms with Crippen LogP contribution in [0.5, 0.6) is 5.75 Å². The SMILES string of the molecule is CCc1c2c(nc3ccc(OC(=O)N4CCC(N5CCCCC5)CC4)cc13)-c1cc3c(c(=O)n1C2)COC(=O)[C@@]3(CC)OC(=O)[C@@H](C)O/N=C1/c2cc([N+](=O)[O-])cc(C)c2-c2c1cc([N+](=O)[O-])cc2[N+](=O)[O-]. The maximum atomic E-state index is 14.5. The number of rotatable bonds is 11. The molecule has 2 fully saturated rings. The number of cyclic esters (lactones) is 1. The van der Waals surface area contributed by atoms with Crippen LogP contribution in [-0.2, 0) is 49.1 Å². The zero-order valence-corrected chi connectivity index (χ0v) is 39.8. The number of ether oxygens (including phenoxy) is 3. The molecule has 6 heterocycles. The summed E-state index contributed by atoms with van der Waals surface area (Å²) in [6.45, 7) is 9.42. The zero-order valence-electron chi connectivity index (χ0n) is 39.8. The molecule has 5 aromatic rings. The molecule has 0 N–H and O–H groups in total. The van der Waals surface area contributed by atoms with Gasteiger partial charge >= 0.3 is 18.0 Å². The molecule has 0 spiro atoms. The van der Waals surface area contributed by atoms with Gasteiger partial charge in [-0.25, -0.2) is 19.4 Å². The van der Waals surface area contributed by atoms with Gasteiger partial charge in [0.1, 0.15) is 18.1 Å². The molecule has 372 valence electrons. The lowest BCUT2D eigenvalue weighted by Gasteiger charge is -2.39. The van der Waals surface area contributed by atoms with E-state index in [1.165, 1.54) is 43.7 Å². The van der Waals surface area contributed by atoms with Gasteiger partial charge in [-0.3, -0.25) is 35.1 Å². The third kappa shape index (κ3) is 7.85. The molecule has 22 nitrogen and oxygen atoms in total. The Bertz CT molecular complexity index is 3300. The molecule has 10 rings (SSSR count). The summed E-state index contributed by atoms with van der Waals surface area (Å²) in [5.74, 6) is -1.74. The highest BCUT2D eigenvalue weighted by Gasteiger charge is 2.51. The Kier molecular flexibility index (Phi) is 12.0. The van der Waals surface area contributed by atoms with Crippen molar-refractivity contribution in [3.8, 4) is 28.3 Å². The molecule has 3 aromatic carbocycles. The summed E-state index contributed by atoms with van der Waals surface area (Å²) in [7, 11) is 0. The summed E-state index contributed by atoms with van der Waals surface area (Å²) in [4.78, 5) is 105. The van der Waals surface area contributed by atoms with Gasteiger partial charge in [0.25, 0.3) is 22.6 Å². The Hall–Kier alpha value is -8.14. The lowest BCUT2D eigenvalue weighted by molar-refractivity contribution is -0.393. The number of carbonyl (C=O) groups is 3. The number of likely N-dealkylation sites (tertiary alicyclic amines) is 2. The number of nitrogens with zero attached hydrogens (tertiary/aromatic N) is 8. The van der Waals surface area contributed by atoms with E-state index < -0.39 is 73.7 Å². The van der Waals surface area contributed by atoms with Gasteiger partial charge in [0, 0.05) is 70.5 Å². The highest BCUT2D eigenvalue weighted by molar-refractivity contribution is 6.26. The number of esters is 2. The van der Waals surface area contributed by atoms with Crippen molar-refractivity contribution in [1.29, 1.82) is 0 Å². The standard InChI is InChI=1S/C50H48N8O14/c1-5-32-33-22-31(70-49(62)54-16-12-28(13-17-54)53-14-8-7-9-15-53)10-11-39(33)51-45-36(32)24-55-41(45)23-38-37(46(55)59)25-69-48(61)50(38,6-2)71-47(60)27(4)72-52-44-34-19-29(56(63)64)18-26(3)42(34)43-35(44)20-30(57(65)66)21-40(43)58(67)68/h10-11,18-23,27-28H,5-9,12-17,24-25H2,1-4H3/b52-44-/t27-,50+/m1/s1. The van der Waals surface area contributed by atoms with Crippen LogP contribution in [0.1, 0.15) is 98.2 Å². The van der Waals surface area contributed by atoms with Crippen LogP contribution in [-0.4, -0.2) is 96.2 Å². The van der Waals surface area contributed by atoms with Crippen LogP contribution in [0.4, 0.5) is 21.9 Å². The van der Waals surface area contributed by atoms with Gasteiger partial charge in [0.2, 0.25) is 11.7 Å². The summed E-state index contributed by atoms with van der Waals surface area (Å²) in [6.07, 6.45) is 3.78.